The number of rotatable bonds is 4. The summed E-state index contributed by atoms with van der Waals surface area (Å²) in [5.74, 6) is -0.160. The molecule has 2 fully saturated rings. The van der Waals surface area contributed by atoms with E-state index in [4.69, 9.17) is 10.5 Å². The van der Waals surface area contributed by atoms with E-state index in [0.717, 1.165) is 43.5 Å². The van der Waals surface area contributed by atoms with Crippen molar-refractivity contribution in [2.24, 2.45) is 5.73 Å². The molecule has 1 heterocycles. The number of aromatic carboxylic acids is 1. The highest BCUT2D eigenvalue weighted by Crippen LogP contribution is 2.44. The molecule has 0 amide bonds. The number of carboxylic acid groups (broad SMARTS) is 1. The summed E-state index contributed by atoms with van der Waals surface area (Å²) in [5, 5.41) is 10.1. The van der Waals surface area contributed by atoms with Gasteiger partial charge in [0.25, 0.3) is 0 Å². The average Bonchev–Trinajstić information content (AvgIpc) is 3.14. The SMILES string of the molecule is NC1CCC(Oc2nc(C3CC3)sc2C(=O)O)CC1. The van der Waals surface area contributed by atoms with Gasteiger partial charge in [0.05, 0.1) is 0 Å². The second kappa shape index (κ2) is 5.09. The smallest absolute Gasteiger partial charge is 0.351 e. The number of nitrogens with two attached hydrogens (primary N) is 1. The summed E-state index contributed by atoms with van der Waals surface area (Å²) in [6, 6.07) is 0.260. The topological polar surface area (TPSA) is 85.4 Å². The van der Waals surface area contributed by atoms with E-state index in [2.05, 4.69) is 4.98 Å². The Kier molecular flexibility index (Phi) is 3.45. The fourth-order valence-electron chi connectivity index (χ4n) is 2.41. The fourth-order valence-corrected chi connectivity index (χ4v) is 3.41. The van der Waals surface area contributed by atoms with Gasteiger partial charge in [-0.2, -0.15) is 0 Å². The zero-order valence-electron chi connectivity index (χ0n) is 10.7. The van der Waals surface area contributed by atoms with Crippen molar-refractivity contribution in [2.75, 3.05) is 0 Å². The van der Waals surface area contributed by atoms with Crippen LogP contribution < -0.4 is 10.5 Å². The summed E-state index contributed by atoms with van der Waals surface area (Å²) in [6.07, 6.45) is 5.94. The molecule has 3 N–H and O–H groups in total. The lowest BCUT2D eigenvalue weighted by Crippen LogP contribution is -2.32. The summed E-state index contributed by atoms with van der Waals surface area (Å²) in [6.45, 7) is 0. The van der Waals surface area contributed by atoms with Gasteiger partial charge in [0.15, 0.2) is 4.88 Å². The number of hydrogen-bond donors (Lipinski definition) is 2. The molecule has 5 nitrogen and oxygen atoms in total. The molecule has 0 bridgehead atoms. The molecule has 0 atom stereocenters. The van der Waals surface area contributed by atoms with Crippen LogP contribution in [0.2, 0.25) is 0 Å². The maximum atomic E-state index is 11.2. The van der Waals surface area contributed by atoms with Crippen LogP contribution in [0.15, 0.2) is 0 Å². The molecule has 0 spiro atoms. The van der Waals surface area contributed by atoms with Gasteiger partial charge in [-0.05, 0) is 38.5 Å². The lowest BCUT2D eigenvalue weighted by molar-refractivity contribution is 0.0690. The van der Waals surface area contributed by atoms with Gasteiger partial charge in [0, 0.05) is 12.0 Å². The van der Waals surface area contributed by atoms with Crippen molar-refractivity contribution in [1.82, 2.24) is 4.98 Å². The molecule has 19 heavy (non-hydrogen) atoms. The first kappa shape index (κ1) is 12.9. The first-order valence-corrected chi connectivity index (χ1v) is 7.61. The lowest BCUT2D eigenvalue weighted by Gasteiger charge is -2.26. The molecule has 0 aliphatic heterocycles. The van der Waals surface area contributed by atoms with Crippen LogP contribution >= 0.6 is 11.3 Å². The van der Waals surface area contributed by atoms with Crippen molar-refractivity contribution in [3.63, 3.8) is 0 Å². The Hall–Kier alpha value is -1.14. The third-order valence-corrected chi connectivity index (χ3v) is 4.92. The number of thiazole rings is 1. The van der Waals surface area contributed by atoms with E-state index >= 15 is 0 Å². The van der Waals surface area contributed by atoms with Crippen LogP contribution in [0.1, 0.15) is 59.1 Å². The summed E-state index contributed by atoms with van der Waals surface area (Å²) < 4.78 is 5.82. The molecule has 2 aliphatic rings. The predicted octanol–water partition coefficient (Wildman–Crippen LogP) is 2.37. The molecule has 1 aromatic heterocycles. The Labute approximate surface area is 115 Å². The third kappa shape index (κ3) is 2.90. The second-order valence-electron chi connectivity index (χ2n) is 5.42. The maximum absolute atomic E-state index is 11.2. The number of carboxylic acids is 1. The Balaban J connectivity index is 1.73. The van der Waals surface area contributed by atoms with Crippen LogP contribution in [0.3, 0.4) is 0 Å². The molecule has 0 aromatic carbocycles. The molecule has 2 saturated carbocycles. The van der Waals surface area contributed by atoms with E-state index in [0.29, 0.717) is 11.8 Å². The van der Waals surface area contributed by atoms with Crippen molar-refractivity contribution in [3.8, 4) is 5.88 Å². The van der Waals surface area contributed by atoms with Crippen LogP contribution in [0.5, 0.6) is 5.88 Å². The average molecular weight is 282 g/mol. The maximum Gasteiger partial charge on any atom is 0.351 e. The highest BCUT2D eigenvalue weighted by molar-refractivity contribution is 7.14. The molecular weight excluding hydrogens is 264 g/mol. The zero-order valence-corrected chi connectivity index (χ0v) is 11.5. The van der Waals surface area contributed by atoms with Crippen molar-refractivity contribution in [1.29, 1.82) is 0 Å². The van der Waals surface area contributed by atoms with Crippen molar-refractivity contribution in [2.45, 2.75) is 56.6 Å². The van der Waals surface area contributed by atoms with Crippen LogP contribution in [0, 0.1) is 0 Å². The van der Waals surface area contributed by atoms with Gasteiger partial charge in [0.2, 0.25) is 5.88 Å². The Morgan fingerprint density at radius 2 is 1.95 bits per heavy atom. The van der Waals surface area contributed by atoms with Crippen LogP contribution in [0.4, 0.5) is 0 Å². The standard InChI is InChI=1S/C13H18N2O3S/c14-8-3-5-9(6-4-8)18-11-10(13(16)17)19-12(15-11)7-1-2-7/h7-9H,1-6,14H2,(H,16,17). The molecule has 0 saturated heterocycles. The monoisotopic (exact) mass is 282 g/mol. The zero-order chi connectivity index (χ0) is 13.4. The molecule has 2 aliphatic carbocycles. The van der Waals surface area contributed by atoms with Crippen molar-refractivity contribution >= 4 is 17.3 Å². The summed E-state index contributed by atoms with van der Waals surface area (Å²) >= 11 is 1.27. The highest BCUT2D eigenvalue weighted by atomic mass is 32.1. The van der Waals surface area contributed by atoms with Gasteiger partial charge in [0.1, 0.15) is 11.1 Å². The molecule has 3 rings (SSSR count). The van der Waals surface area contributed by atoms with Gasteiger partial charge in [-0.3, -0.25) is 0 Å². The molecular formula is C13H18N2O3S. The normalized spacial score (nSPS) is 27.2. The Morgan fingerprint density at radius 3 is 2.53 bits per heavy atom. The van der Waals surface area contributed by atoms with E-state index in [9.17, 15) is 9.90 Å². The van der Waals surface area contributed by atoms with E-state index in [1.807, 2.05) is 0 Å². The van der Waals surface area contributed by atoms with E-state index in [-0.39, 0.29) is 17.0 Å². The summed E-state index contributed by atoms with van der Waals surface area (Å²) in [7, 11) is 0. The van der Waals surface area contributed by atoms with E-state index in [1.165, 1.54) is 11.3 Å². The number of aromatic nitrogens is 1. The van der Waals surface area contributed by atoms with Gasteiger partial charge in [-0.25, -0.2) is 9.78 Å². The number of hydrogen-bond acceptors (Lipinski definition) is 5. The minimum Gasteiger partial charge on any atom is -0.477 e. The van der Waals surface area contributed by atoms with Crippen molar-refractivity contribution in [3.05, 3.63) is 9.88 Å². The predicted molar refractivity (Wildman–Crippen MR) is 71.9 cm³/mol. The summed E-state index contributed by atoms with van der Waals surface area (Å²) in [4.78, 5) is 15.9. The summed E-state index contributed by atoms with van der Waals surface area (Å²) in [5.41, 5.74) is 5.86. The quantitative estimate of drug-likeness (QED) is 0.885. The minimum atomic E-state index is -0.938. The molecule has 6 heteroatoms. The van der Waals surface area contributed by atoms with Crippen LogP contribution in [-0.2, 0) is 0 Å². The van der Waals surface area contributed by atoms with Crippen molar-refractivity contribution < 1.29 is 14.6 Å². The first-order chi connectivity index (χ1) is 9.13. The molecule has 104 valence electrons. The first-order valence-electron chi connectivity index (χ1n) is 6.79. The van der Waals surface area contributed by atoms with E-state index < -0.39 is 5.97 Å². The second-order valence-corrected chi connectivity index (χ2v) is 6.45. The van der Waals surface area contributed by atoms with Gasteiger partial charge in [-0.15, -0.1) is 11.3 Å². The Morgan fingerprint density at radius 1 is 1.26 bits per heavy atom. The molecule has 0 unspecified atom stereocenters. The molecule has 1 aromatic rings. The van der Waals surface area contributed by atoms with Crippen LogP contribution in [0.25, 0.3) is 0 Å². The third-order valence-electron chi connectivity index (χ3n) is 3.73. The number of carbonyl (C=O) groups is 1. The number of nitrogens with zero attached hydrogens (tertiary/aromatic N) is 1. The molecule has 0 radical (unpaired) electrons. The Bertz CT molecular complexity index is 476. The van der Waals surface area contributed by atoms with E-state index in [1.54, 1.807) is 0 Å². The lowest BCUT2D eigenvalue weighted by atomic mass is 9.94. The number of ether oxygens (including phenoxy) is 1. The van der Waals surface area contributed by atoms with Gasteiger partial charge in [-0.1, -0.05) is 0 Å². The van der Waals surface area contributed by atoms with Gasteiger partial charge >= 0.3 is 5.97 Å². The van der Waals surface area contributed by atoms with Gasteiger partial charge < -0.3 is 15.6 Å². The minimum absolute atomic E-state index is 0.0621. The highest BCUT2D eigenvalue weighted by Gasteiger charge is 2.31. The van der Waals surface area contributed by atoms with Crippen LogP contribution in [-0.4, -0.2) is 28.2 Å². The fraction of sp³-hybridized carbons (Fsp3) is 0.692. The largest absolute Gasteiger partial charge is 0.477 e.